The molecule has 0 atom stereocenters. The maximum atomic E-state index is 12.9. The van der Waals surface area contributed by atoms with Gasteiger partial charge < -0.3 is 10.5 Å². The van der Waals surface area contributed by atoms with E-state index >= 15 is 0 Å². The molecule has 22 heavy (non-hydrogen) atoms. The summed E-state index contributed by atoms with van der Waals surface area (Å²) < 4.78 is 18.5. The van der Waals surface area contributed by atoms with Gasteiger partial charge in [-0.2, -0.15) is 0 Å². The van der Waals surface area contributed by atoms with Crippen molar-refractivity contribution < 1.29 is 13.9 Å². The predicted octanol–water partition coefficient (Wildman–Crippen LogP) is 2.45. The Labute approximate surface area is 125 Å². The number of ether oxygens (including phenoxy) is 1. The molecule has 1 aromatic heterocycles. The Balaban J connectivity index is 1.90. The zero-order valence-electron chi connectivity index (χ0n) is 11.5. The second-order valence-electron chi connectivity index (χ2n) is 4.71. The molecule has 6 heteroatoms. The van der Waals surface area contributed by atoms with E-state index in [9.17, 15) is 9.18 Å². The first-order valence-electron chi connectivity index (χ1n) is 6.54. The number of benzene rings is 2. The number of rotatable bonds is 4. The van der Waals surface area contributed by atoms with Crippen molar-refractivity contribution in [2.75, 3.05) is 0 Å². The van der Waals surface area contributed by atoms with Crippen LogP contribution in [0.15, 0.2) is 48.9 Å². The van der Waals surface area contributed by atoms with Crippen LogP contribution in [0.1, 0.15) is 15.9 Å². The third-order valence-corrected chi connectivity index (χ3v) is 3.16. The third-order valence-electron chi connectivity index (χ3n) is 3.16. The van der Waals surface area contributed by atoms with Crippen LogP contribution in [0, 0.1) is 5.82 Å². The number of hydrogen-bond acceptors (Lipinski definition) is 4. The molecule has 1 amide bonds. The number of nitrogens with two attached hydrogens (primary N) is 1. The molecule has 0 saturated heterocycles. The number of halogens is 1. The fraction of sp³-hybridized carbons (Fsp3) is 0.0625. The van der Waals surface area contributed by atoms with Gasteiger partial charge in [0.05, 0.1) is 11.1 Å². The zero-order valence-corrected chi connectivity index (χ0v) is 11.5. The van der Waals surface area contributed by atoms with Crippen molar-refractivity contribution in [3.05, 3.63) is 65.9 Å². The van der Waals surface area contributed by atoms with Crippen molar-refractivity contribution in [1.82, 2.24) is 9.97 Å². The summed E-state index contributed by atoms with van der Waals surface area (Å²) in [6, 6.07) is 9.26. The Morgan fingerprint density at radius 3 is 2.73 bits per heavy atom. The molecule has 0 aliphatic rings. The van der Waals surface area contributed by atoms with E-state index in [1.807, 2.05) is 0 Å². The summed E-state index contributed by atoms with van der Waals surface area (Å²) in [6.45, 7) is 0.248. The minimum Gasteiger partial charge on any atom is -0.489 e. The minimum atomic E-state index is -0.587. The highest BCUT2D eigenvalue weighted by Gasteiger charge is 2.11. The van der Waals surface area contributed by atoms with Crippen molar-refractivity contribution in [3.63, 3.8) is 0 Å². The summed E-state index contributed by atoms with van der Waals surface area (Å²) in [5.41, 5.74) is 6.94. The summed E-state index contributed by atoms with van der Waals surface area (Å²) in [4.78, 5) is 19.5. The lowest BCUT2D eigenvalue weighted by molar-refractivity contribution is 0.100. The Kier molecular flexibility index (Phi) is 3.65. The van der Waals surface area contributed by atoms with Crippen LogP contribution in [0.2, 0.25) is 0 Å². The smallest absolute Gasteiger partial charge is 0.251 e. The van der Waals surface area contributed by atoms with Crippen molar-refractivity contribution >= 4 is 16.8 Å². The molecule has 2 aromatic carbocycles. The zero-order chi connectivity index (χ0) is 15.5. The molecule has 0 aliphatic carbocycles. The Hall–Kier alpha value is -3.02. The molecule has 110 valence electrons. The van der Waals surface area contributed by atoms with E-state index in [1.54, 1.807) is 30.5 Å². The Morgan fingerprint density at radius 1 is 1.23 bits per heavy atom. The highest BCUT2D eigenvalue weighted by Crippen LogP contribution is 2.24. The van der Waals surface area contributed by atoms with E-state index in [1.165, 1.54) is 18.5 Å². The number of fused-ring (bicyclic) bond motifs is 1. The maximum Gasteiger partial charge on any atom is 0.251 e. The first kappa shape index (κ1) is 13.9. The molecule has 0 aliphatic heterocycles. The van der Waals surface area contributed by atoms with E-state index in [4.69, 9.17) is 10.5 Å². The molecule has 0 saturated carbocycles. The average Bonchev–Trinajstić information content (AvgIpc) is 2.53. The van der Waals surface area contributed by atoms with E-state index in [0.29, 0.717) is 16.7 Å². The molecular weight excluding hydrogens is 285 g/mol. The average molecular weight is 297 g/mol. The summed E-state index contributed by atoms with van der Waals surface area (Å²) >= 11 is 0. The van der Waals surface area contributed by atoms with Gasteiger partial charge in [-0.05, 0) is 29.8 Å². The van der Waals surface area contributed by atoms with Crippen LogP contribution in [0.25, 0.3) is 10.9 Å². The van der Waals surface area contributed by atoms with E-state index in [2.05, 4.69) is 9.97 Å². The molecule has 3 aromatic rings. The van der Waals surface area contributed by atoms with Gasteiger partial charge in [-0.25, -0.2) is 14.4 Å². The van der Waals surface area contributed by atoms with Crippen molar-refractivity contribution in [1.29, 1.82) is 0 Å². The van der Waals surface area contributed by atoms with Crippen LogP contribution >= 0.6 is 0 Å². The van der Waals surface area contributed by atoms with Gasteiger partial charge in [0.25, 0.3) is 5.91 Å². The Morgan fingerprint density at radius 2 is 2.00 bits per heavy atom. The van der Waals surface area contributed by atoms with Gasteiger partial charge in [0, 0.05) is 11.6 Å². The van der Waals surface area contributed by atoms with Gasteiger partial charge in [0.1, 0.15) is 24.5 Å². The van der Waals surface area contributed by atoms with Crippen LogP contribution in [-0.4, -0.2) is 15.9 Å². The molecule has 5 nitrogen and oxygen atoms in total. The van der Waals surface area contributed by atoms with Gasteiger partial charge in [-0.1, -0.05) is 12.1 Å². The molecule has 0 radical (unpaired) electrons. The van der Waals surface area contributed by atoms with Gasteiger partial charge in [0.2, 0.25) is 0 Å². The summed E-state index contributed by atoms with van der Waals surface area (Å²) in [5.74, 6) is -0.418. The highest BCUT2D eigenvalue weighted by molar-refractivity contribution is 6.05. The normalized spacial score (nSPS) is 10.6. The summed E-state index contributed by atoms with van der Waals surface area (Å²) in [5, 5.41) is 0.660. The SMILES string of the molecule is NC(=O)c1cc(OCc2ccc(F)cc2)cc2cncnc12. The Bertz CT molecular complexity index is 834. The first-order valence-corrected chi connectivity index (χ1v) is 6.54. The molecule has 0 bridgehead atoms. The number of carbonyl (C=O) groups is 1. The van der Waals surface area contributed by atoms with E-state index in [-0.39, 0.29) is 18.0 Å². The maximum absolute atomic E-state index is 12.9. The first-order chi connectivity index (χ1) is 10.6. The summed E-state index contributed by atoms with van der Waals surface area (Å²) in [6.07, 6.45) is 2.94. The lowest BCUT2D eigenvalue weighted by Crippen LogP contribution is -2.12. The van der Waals surface area contributed by atoms with Crippen molar-refractivity contribution in [2.45, 2.75) is 6.61 Å². The number of hydrogen-bond donors (Lipinski definition) is 1. The number of primary amides is 1. The lowest BCUT2D eigenvalue weighted by atomic mass is 10.1. The number of amides is 1. The van der Waals surface area contributed by atoms with Crippen LogP contribution in [-0.2, 0) is 6.61 Å². The second-order valence-corrected chi connectivity index (χ2v) is 4.71. The van der Waals surface area contributed by atoms with Crippen LogP contribution in [0.3, 0.4) is 0 Å². The van der Waals surface area contributed by atoms with Gasteiger partial charge in [-0.15, -0.1) is 0 Å². The van der Waals surface area contributed by atoms with Crippen molar-refractivity contribution in [2.24, 2.45) is 5.73 Å². The van der Waals surface area contributed by atoms with Crippen LogP contribution in [0.4, 0.5) is 4.39 Å². The molecule has 0 spiro atoms. The fourth-order valence-electron chi connectivity index (χ4n) is 2.10. The quantitative estimate of drug-likeness (QED) is 0.802. The minimum absolute atomic E-state index is 0.248. The monoisotopic (exact) mass is 297 g/mol. The van der Waals surface area contributed by atoms with Gasteiger partial charge >= 0.3 is 0 Å². The largest absolute Gasteiger partial charge is 0.489 e. The highest BCUT2D eigenvalue weighted by atomic mass is 19.1. The summed E-state index contributed by atoms with van der Waals surface area (Å²) in [7, 11) is 0. The molecular formula is C16H12FN3O2. The molecule has 2 N–H and O–H groups in total. The fourth-order valence-corrected chi connectivity index (χ4v) is 2.10. The number of carbonyl (C=O) groups excluding carboxylic acids is 1. The lowest BCUT2D eigenvalue weighted by Gasteiger charge is -2.09. The van der Waals surface area contributed by atoms with Crippen molar-refractivity contribution in [3.8, 4) is 5.75 Å². The van der Waals surface area contributed by atoms with E-state index in [0.717, 1.165) is 5.56 Å². The van der Waals surface area contributed by atoms with Crippen LogP contribution in [0.5, 0.6) is 5.75 Å². The molecule has 3 rings (SSSR count). The second kappa shape index (κ2) is 5.77. The van der Waals surface area contributed by atoms with Gasteiger partial charge in [0.15, 0.2) is 0 Å². The van der Waals surface area contributed by atoms with Gasteiger partial charge in [-0.3, -0.25) is 4.79 Å². The topological polar surface area (TPSA) is 78.1 Å². The molecule has 1 heterocycles. The third kappa shape index (κ3) is 2.85. The molecule has 0 unspecified atom stereocenters. The standard InChI is InChI=1S/C16H12FN3O2/c17-12-3-1-10(2-4-12)8-22-13-5-11-7-19-9-20-15(11)14(6-13)16(18)21/h1-7,9H,8H2,(H2,18,21). The van der Waals surface area contributed by atoms with Crippen LogP contribution < -0.4 is 10.5 Å². The number of aromatic nitrogens is 2. The molecule has 0 fully saturated rings. The number of nitrogens with zero attached hydrogens (tertiary/aromatic N) is 2. The van der Waals surface area contributed by atoms with E-state index < -0.39 is 5.91 Å². The predicted molar refractivity (Wildman–Crippen MR) is 78.8 cm³/mol.